The predicted octanol–water partition coefficient (Wildman–Crippen LogP) is 9.79. The van der Waals surface area contributed by atoms with E-state index in [9.17, 15) is 0 Å². The summed E-state index contributed by atoms with van der Waals surface area (Å²) in [7, 11) is 0.0317. The summed E-state index contributed by atoms with van der Waals surface area (Å²) in [5.74, 6) is 0. The van der Waals surface area contributed by atoms with Crippen LogP contribution in [0.2, 0.25) is 13.3 Å². The number of unbranched alkanes of at least 4 members (excludes halogenated alkanes) is 3. The summed E-state index contributed by atoms with van der Waals surface area (Å²) < 4.78 is 9.48. The summed E-state index contributed by atoms with van der Waals surface area (Å²) in [6.45, 7) is 7.13. The fraction of sp³-hybridized carbons (Fsp3) is 0.400. The van der Waals surface area contributed by atoms with Crippen molar-refractivity contribution in [2.75, 3.05) is 0 Å². The van der Waals surface area contributed by atoms with E-state index >= 15 is 0 Å². The number of rotatable bonds is 11. The number of hydrogen-bond donors (Lipinski definition) is 0. The maximum atomic E-state index is 2.70. The van der Waals surface area contributed by atoms with Crippen molar-refractivity contribution in [1.82, 2.24) is 0 Å². The van der Waals surface area contributed by atoms with Crippen molar-refractivity contribution >= 4 is 52.6 Å². The van der Waals surface area contributed by atoms with E-state index in [1.54, 1.807) is 4.70 Å². The van der Waals surface area contributed by atoms with Crippen LogP contribution < -0.4 is 3.58 Å². The third-order valence-corrected chi connectivity index (χ3v) is 25.2. The molecule has 0 fully saturated rings. The Labute approximate surface area is 201 Å². The molecule has 1 unspecified atom stereocenters. The molecule has 0 amide bonds. The van der Waals surface area contributed by atoms with E-state index in [1.165, 1.54) is 72.2 Å². The van der Waals surface area contributed by atoms with Crippen LogP contribution in [0, 0.1) is 0 Å². The zero-order chi connectivity index (χ0) is 22.4. The number of benzene rings is 3. The molecular formula is C30H39SSn+. The van der Waals surface area contributed by atoms with E-state index < -0.39 is 18.4 Å². The summed E-state index contributed by atoms with van der Waals surface area (Å²) in [6, 6.07) is 28.2. The molecule has 2 heteroatoms. The average molecular weight is 550 g/mol. The van der Waals surface area contributed by atoms with Gasteiger partial charge in [-0.3, -0.25) is 0 Å². The van der Waals surface area contributed by atoms with Crippen LogP contribution in [-0.4, -0.2) is 18.4 Å². The Bertz CT molecular complexity index is 1120. The van der Waals surface area contributed by atoms with E-state index in [0.29, 0.717) is 0 Å². The van der Waals surface area contributed by atoms with Gasteiger partial charge in [0.05, 0.1) is 0 Å². The Morgan fingerprint density at radius 2 is 1.16 bits per heavy atom. The van der Waals surface area contributed by atoms with Crippen molar-refractivity contribution in [3.63, 3.8) is 0 Å². The van der Waals surface area contributed by atoms with Crippen molar-refractivity contribution in [3.05, 3.63) is 72.8 Å². The fourth-order valence-corrected chi connectivity index (χ4v) is 23.7. The number of hydrogen-bond acceptors (Lipinski definition) is 0. The molecule has 0 saturated heterocycles. The normalized spacial score (nSPS) is 12.7. The molecule has 0 bridgehead atoms. The minimum absolute atomic E-state index is 0.0317. The van der Waals surface area contributed by atoms with Crippen LogP contribution in [0.25, 0.3) is 25.1 Å². The standard InChI is InChI=1S/C18H12S.3C4H9.Sn/c1-2-8-14(9-3-1)19-17-12-6-4-10-15(17)16-11-5-7-13-18(16)19;3*1-3-4-2;/h1-4,6-13H;3*1,3-4H2,2H3;/q+1;;;;. The molecular weight excluding hydrogens is 511 g/mol. The molecule has 0 saturated carbocycles. The van der Waals surface area contributed by atoms with Gasteiger partial charge in [0.25, 0.3) is 0 Å². The van der Waals surface area contributed by atoms with Crippen molar-refractivity contribution in [2.24, 2.45) is 0 Å². The van der Waals surface area contributed by atoms with Crippen LogP contribution >= 0.6 is 10.5 Å². The quantitative estimate of drug-likeness (QED) is 0.129. The second-order valence-electron chi connectivity index (χ2n) is 9.42. The molecule has 1 atom stereocenters. The molecule has 0 nitrogen and oxygen atoms in total. The second-order valence-corrected chi connectivity index (χ2v) is 24.6. The Morgan fingerprint density at radius 3 is 1.78 bits per heavy atom. The maximum absolute atomic E-state index is 2.70. The monoisotopic (exact) mass is 551 g/mol. The van der Waals surface area contributed by atoms with Crippen LogP contribution in [0.5, 0.6) is 0 Å². The second kappa shape index (κ2) is 11.2. The van der Waals surface area contributed by atoms with Gasteiger partial charge in [0, 0.05) is 0 Å². The van der Waals surface area contributed by atoms with Gasteiger partial charge in [-0.25, -0.2) is 0 Å². The summed E-state index contributed by atoms with van der Waals surface area (Å²) >= 11 is -2.43. The Kier molecular flexibility index (Phi) is 8.34. The molecule has 1 heterocycles. The molecule has 168 valence electrons. The van der Waals surface area contributed by atoms with Crippen LogP contribution in [0.15, 0.2) is 72.8 Å². The first kappa shape index (κ1) is 23.8. The summed E-state index contributed by atoms with van der Waals surface area (Å²) in [5, 5.41) is 3.02. The molecule has 1 aromatic heterocycles. The average Bonchev–Trinajstić information content (AvgIpc) is 3.18. The van der Waals surface area contributed by atoms with Gasteiger partial charge in [-0.2, -0.15) is 0 Å². The topological polar surface area (TPSA) is 0 Å². The van der Waals surface area contributed by atoms with E-state index in [2.05, 4.69) is 93.6 Å². The minimum atomic E-state index is -2.43. The molecule has 32 heavy (non-hydrogen) atoms. The first-order valence-electron chi connectivity index (χ1n) is 12.8. The van der Waals surface area contributed by atoms with E-state index in [-0.39, 0.29) is 10.5 Å². The number of thiophene rings is 1. The van der Waals surface area contributed by atoms with Crippen LogP contribution in [0.3, 0.4) is 0 Å². The van der Waals surface area contributed by atoms with Crippen molar-refractivity contribution in [1.29, 1.82) is 0 Å². The van der Waals surface area contributed by atoms with Crippen LogP contribution in [0.1, 0.15) is 59.3 Å². The SMILES string of the molecule is CCC[CH2][Sn]([CH2]CCC)([CH2]CCC)[c]1ccc2c(c1)c1ccccc1[s+]2-c1ccccc1. The van der Waals surface area contributed by atoms with Crippen molar-refractivity contribution in [2.45, 2.75) is 72.6 Å². The van der Waals surface area contributed by atoms with Crippen molar-refractivity contribution < 1.29 is 0 Å². The van der Waals surface area contributed by atoms with E-state index in [0.717, 1.165) is 0 Å². The molecule has 0 aliphatic rings. The summed E-state index contributed by atoms with van der Waals surface area (Å²) in [5.41, 5.74) is 0. The first-order chi connectivity index (χ1) is 15.7. The molecule has 0 aliphatic heterocycles. The van der Waals surface area contributed by atoms with Crippen LogP contribution in [0.4, 0.5) is 0 Å². The molecule has 3 aromatic carbocycles. The van der Waals surface area contributed by atoms with E-state index in [4.69, 9.17) is 0 Å². The summed E-state index contributed by atoms with van der Waals surface area (Å²) in [6.07, 6.45) is 8.27. The van der Waals surface area contributed by atoms with E-state index in [1.807, 2.05) is 3.58 Å². The summed E-state index contributed by atoms with van der Waals surface area (Å²) in [4.78, 5) is 1.45. The first-order valence-corrected chi connectivity index (χ1v) is 21.5. The number of fused-ring (bicyclic) bond motifs is 3. The molecule has 0 spiro atoms. The van der Waals surface area contributed by atoms with Gasteiger partial charge in [-0.05, 0) is 0 Å². The molecule has 0 N–H and O–H groups in total. The Balaban J connectivity index is 1.92. The Morgan fingerprint density at radius 1 is 0.594 bits per heavy atom. The zero-order valence-corrected chi connectivity index (χ0v) is 23.9. The van der Waals surface area contributed by atoms with Gasteiger partial charge < -0.3 is 0 Å². The Hall–Kier alpha value is -1.32. The molecule has 4 aromatic rings. The van der Waals surface area contributed by atoms with Gasteiger partial charge in [0.15, 0.2) is 0 Å². The third-order valence-electron chi connectivity index (χ3n) is 7.21. The predicted molar refractivity (Wildman–Crippen MR) is 150 cm³/mol. The fourth-order valence-electron chi connectivity index (χ4n) is 5.40. The third kappa shape index (κ3) is 4.80. The molecule has 0 radical (unpaired) electrons. The van der Waals surface area contributed by atoms with Gasteiger partial charge in [-0.1, -0.05) is 0 Å². The van der Waals surface area contributed by atoms with Gasteiger partial charge in [-0.15, -0.1) is 0 Å². The molecule has 4 rings (SSSR count). The van der Waals surface area contributed by atoms with Crippen LogP contribution in [-0.2, 0) is 0 Å². The zero-order valence-electron chi connectivity index (χ0n) is 20.2. The van der Waals surface area contributed by atoms with Gasteiger partial charge >= 0.3 is 203 Å². The van der Waals surface area contributed by atoms with Gasteiger partial charge in [0.1, 0.15) is 0 Å². The molecule has 0 aliphatic carbocycles. The van der Waals surface area contributed by atoms with Crippen molar-refractivity contribution in [3.8, 4) is 4.90 Å². The van der Waals surface area contributed by atoms with Gasteiger partial charge in [0.2, 0.25) is 0 Å².